The number of aromatic amines is 1. The molecule has 0 amide bonds. The summed E-state index contributed by atoms with van der Waals surface area (Å²) >= 11 is 0. The molecule has 1 fully saturated rings. The van der Waals surface area contributed by atoms with Crippen molar-refractivity contribution in [1.82, 2.24) is 24.4 Å². The Kier molecular flexibility index (Phi) is 4.15. The molecule has 124 valence electrons. The van der Waals surface area contributed by atoms with Crippen LogP contribution in [0.15, 0.2) is 55.1 Å². The highest BCUT2D eigenvalue weighted by atomic mass is 16.5. The lowest BCUT2D eigenvalue weighted by Crippen LogP contribution is -2.26. The number of nitrogens with one attached hydrogen (secondary N) is 1. The molecule has 0 radical (unpaired) electrons. The smallest absolute Gasteiger partial charge is 0.127 e. The highest BCUT2D eigenvalue weighted by Gasteiger charge is 2.35. The Morgan fingerprint density at radius 2 is 2.08 bits per heavy atom. The number of hydrogen-bond donors (Lipinski definition) is 1. The summed E-state index contributed by atoms with van der Waals surface area (Å²) in [6.45, 7) is 1.64. The van der Waals surface area contributed by atoms with Crippen LogP contribution in [0.4, 0.5) is 0 Å². The zero-order chi connectivity index (χ0) is 16.4. The molecular formula is C18H21N5O. The van der Waals surface area contributed by atoms with Crippen LogP contribution in [0.1, 0.15) is 24.1 Å². The first-order valence-corrected chi connectivity index (χ1v) is 8.19. The minimum absolute atomic E-state index is 0.222. The molecule has 1 aromatic carbocycles. The molecule has 6 heteroatoms. The third-order valence-electron chi connectivity index (χ3n) is 4.63. The summed E-state index contributed by atoms with van der Waals surface area (Å²) in [5.41, 5.74) is 1.13. The van der Waals surface area contributed by atoms with Gasteiger partial charge in [-0.05, 0) is 18.6 Å². The fourth-order valence-electron chi connectivity index (χ4n) is 3.41. The number of likely N-dealkylation sites (tertiary alicyclic amines) is 1. The molecule has 24 heavy (non-hydrogen) atoms. The van der Waals surface area contributed by atoms with E-state index in [4.69, 9.17) is 4.74 Å². The fourth-order valence-corrected chi connectivity index (χ4v) is 3.41. The molecule has 1 aliphatic heterocycles. The van der Waals surface area contributed by atoms with Crippen molar-refractivity contribution >= 4 is 0 Å². The summed E-state index contributed by atoms with van der Waals surface area (Å²) in [5, 5.41) is 0. The summed E-state index contributed by atoms with van der Waals surface area (Å²) in [6.07, 6.45) is 8.71. The van der Waals surface area contributed by atoms with E-state index in [2.05, 4.69) is 36.6 Å². The van der Waals surface area contributed by atoms with E-state index in [1.54, 1.807) is 13.3 Å². The van der Waals surface area contributed by atoms with Crippen molar-refractivity contribution in [3.8, 4) is 5.69 Å². The largest absolute Gasteiger partial charge is 0.380 e. The molecule has 0 spiro atoms. The summed E-state index contributed by atoms with van der Waals surface area (Å²) in [7, 11) is 1.78. The lowest BCUT2D eigenvalue weighted by atomic mass is 10.2. The lowest BCUT2D eigenvalue weighted by molar-refractivity contribution is 0.107. The van der Waals surface area contributed by atoms with E-state index in [0.717, 1.165) is 36.8 Å². The van der Waals surface area contributed by atoms with Crippen molar-refractivity contribution in [2.75, 3.05) is 13.7 Å². The zero-order valence-electron chi connectivity index (χ0n) is 13.7. The van der Waals surface area contributed by atoms with Gasteiger partial charge in [0.25, 0.3) is 0 Å². The van der Waals surface area contributed by atoms with Gasteiger partial charge in [-0.15, -0.1) is 0 Å². The van der Waals surface area contributed by atoms with Gasteiger partial charge >= 0.3 is 0 Å². The molecule has 6 nitrogen and oxygen atoms in total. The summed E-state index contributed by atoms with van der Waals surface area (Å²) in [6, 6.07) is 10.5. The number of imidazole rings is 2. The number of rotatable bonds is 5. The minimum atomic E-state index is 0.222. The van der Waals surface area contributed by atoms with Crippen LogP contribution in [0.2, 0.25) is 0 Å². The number of para-hydroxylation sites is 1. The molecule has 2 atom stereocenters. The van der Waals surface area contributed by atoms with E-state index < -0.39 is 0 Å². The Morgan fingerprint density at radius 1 is 1.21 bits per heavy atom. The normalized spacial score (nSPS) is 21.4. The Morgan fingerprint density at radius 3 is 2.83 bits per heavy atom. The monoisotopic (exact) mass is 323 g/mol. The van der Waals surface area contributed by atoms with Crippen LogP contribution < -0.4 is 0 Å². The lowest BCUT2D eigenvalue weighted by Gasteiger charge is -2.22. The molecule has 1 N–H and O–H groups in total. The van der Waals surface area contributed by atoms with Gasteiger partial charge in [0.05, 0.1) is 18.7 Å². The average molecular weight is 323 g/mol. The SMILES string of the molecule is CO[C@@H]1CC(c2ncc[nH]2)N(Cc2nccn2-c2ccccc2)C1. The number of H-pyrrole nitrogens is 1. The van der Waals surface area contributed by atoms with Crippen LogP contribution in [0.25, 0.3) is 5.69 Å². The van der Waals surface area contributed by atoms with Crippen molar-refractivity contribution < 1.29 is 4.74 Å². The standard InChI is InChI=1S/C18H21N5O/c1-24-15-11-16(18-20-7-8-21-18)22(12-15)13-17-19-9-10-23(17)14-5-3-2-4-6-14/h2-10,15-16H,11-13H2,1H3,(H,20,21)/t15-,16?/m1/s1. The molecule has 3 aromatic rings. The van der Waals surface area contributed by atoms with E-state index in [9.17, 15) is 0 Å². The third kappa shape index (κ3) is 2.86. The van der Waals surface area contributed by atoms with Crippen LogP contribution in [0.3, 0.4) is 0 Å². The summed E-state index contributed by atoms with van der Waals surface area (Å²) in [5.74, 6) is 2.02. The number of methoxy groups -OCH3 is 1. The fraction of sp³-hybridized carbons (Fsp3) is 0.333. The first kappa shape index (κ1) is 15.1. The number of ether oxygens (including phenoxy) is 1. The van der Waals surface area contributed by atoms with E-state index in [0.29, 0.717) is 0 Å². The van der Waals surface area contributed by atoms with Crippen molar-refractivity contribution in [2.45, 2.75) is 25.1 Å². The third-order valence-corrected chi connectivity index (χ3v) is 4.63. The van der Waals surface area contributed by atoms with Crippen molar-refractivity contribution in [3.05, 3.63) is 66.8 Å². The second kappa shape index (κ2) is 6.59. The minimum Gasteiger partial charge on any atom is -0.380 e. The van der Waals surface area contributed by atoms with Gasteiger partial charge in [0, 0.05) is 44.1 Å². The van der Waals surface area contributed by atoms with Gasteiger partial charge in [-0.1, -0.05) is 18.2 Å². The quantitative estimate of drug-likeness (QED) is 0.784. The van der Waals surface area contributed by atoms with Gasteiger partial charge in [-0.2, -0.15) is 0 Å². The average Bonchev–Trinajstić information content (AvgIpc) is 3.36. The number of nitrogens with zero attached hydrogens (tertiary/aromatic N) is 4. The summed E-state index contributed by atoms with van der Waals surface area (Å²) in [4.78, 5) is 14.6. The van der Waals surface area contributed by atoms with E-state index in [1.807, 2.05) is 36.8 Å². The van der Waals surface area contributed by atoms with Crippen LogP contribution >= 0.6 is 0 Å². The predicted octanol–water partition coefficient (Wildman–Crippen LogP) is 2.56. The van der Waals surface area contributed by atoms with Gasteiger partial charge in [0.15, 0.2) is 0 Å². The van der Waals surface area contributed by atoms with E-state index in [-0.39, 0.29) is 12.1 Å². The van der Waals surface area contributed by atoms with Gasteiger partial charge in [0.1, 0.15) is 11.6 Å². The van der Waals surface area contributed by atoms with Gasteiger partial charge in [0.2, 0.25) is 0 Å². The van der Waals surface area contributed by atoms with Crippen LogP contribution in [0.5, 0.6) is 0 Å². The molecule has 4 rings (SSSR count). The molecule has 0 saturated carbocycles. The molecule has 3 heterocycles. The number of hydrogen-bond acceptors (Lipinski definition) is 4. The maximum atomic E-state index is 5.59. The maximum Gasteiger partial charge on any atom is 0.127 e. The Bertz CT molecular complexity index is 768. The second-order valence-corrected chi connectivity index (χ2v) is 6.06. The van der Waals surface area contributed by atoms with Gasteiger partial charge in [-0.25, -0.2) is 9.97 Å². The predicted molar refractivity (Wildman–Crippen MR) is 90.7 cm³/mol. The van der Waals surface area contributed by atoms with Gasteiger partial charge < -0.3 is 14.3 Å². The van der Waals surface area contributed by atoms with E-state index in [1.165, 1.54) is 0 Å². The second-order valence-electron chi connectivity index (χ2n) is 6.06. The maximum absolute atomic E-state index is 5.59. The zero-order valence-corrected chi connectivity index (χ0v) is 13.7. The first-order chi connectivity index (χ1) is 11.8. The van der Waals surface area contributed by atoms with Crippen molar-refractivity contribution in [2.24, 2.45) is 0 Å². The van der Waals surface area contributed by atoms with E-state index >= 15 is 0 Å². The Hall–Kier alpha value is -2.44. The number of aromatic nitrogens is 4. The molecule has 1 saturated heterocycles. The highest BCUT2D eigenvalue weighted by Crippen LogP contribution is 2.32. The van der Waals surface area contributed by atoms with Crippen LogP contribution in [0, 0.1) is 0 Å². The Balaban J connectivity index is 1.59. The highest BCUT2D eigenvalue weighted by molar-refractivity contribution is 5.32. The molecular weight excluding hydrogens is 302 g/mol. The molecule has 1 unspecified atom stereocenters. The van der Waals surface area contributed by atoms with Crippen molar-refractivity contribution in [3.63, 3.8) is 0 Å². The van der Waals surface area contributed by atoms with Crippen molar-refractivity contribution in [1.29, 1.82) is 0 Å². The molecule has 2 aromatic heterocycles. The molecule has 1 aliphatic rings. The topological polar surface area (TPSA) is 59.0 Å². The summed E-state index contributed by atoms with van der Waals surface area (Å²) < 4.78 is 7.73. The van der Waals surface area contributed by atoms with Crippen LogP contribution in [-0.2, 0) is 11.3 Å². The molecule has 0 aliphatic carbocycles. The van der Waals surface area contributed by atoms with Gasteiger partial charge in [-0.3, -0.25) is 4.90 Å². The molecule has 0 bridgehead atoms. The first-order valence-electron chi connectivity index (χ1n) is 8.19. The van der Waals surface area contributed by atoms with Crippen LogP contribution in [-0.4, -0.2) is 44.2 Å². The number of benzene rings is 1. The Labute approximate surface area is 141 Å².